The SMILES string of the molecule is CN=C(NCCCn1ccc2ccccc21)NCc1cc(C(=O)OC)c(C)o1. The van der Waals surface area contributed by atoms with Crippen LogP contribution in [0.3, 0.4) is 0 Å². The highest BCUT2D eigenvalue weighted by molar-refractivity contribution is 5.90. The van der Waals surface area contributed by atoms with Crippen LogP contribution in [-0.2, 0) is 17.8 Å². The second kappa shape index (κ2) is 9.12. The molecule has 2 aromatic heterocycles. The number of carbonyl (C=O) groups excluding carboxylic acids is 1. The van der Waals surface area contributed by atoms with Crippen molar-refractivity contribution in [2.75, 3.05) is 20.7 Å². The lowest BCUT2D eigenvalue weighted by Gasteiger charge is -2.11. The molecule has 7 nitrogen and oxygen atoms in total. The quantitative estimate of drug-likeness (QED) is 0.284. The average Bonchev–Trinajstić information content (AvgIpc) is 3.30. The Labute approximate surface area is 164 Å². The van der Waals surface area contributed by atoms with Crippen LogP contribution < -0.4 is 10.6 Å². The molecule has 0 aliphatic rings. The minimum atomic E-state index is -0.396. The number of aryl methyl sites for hydroxylation is 2. The fourth-order valence-corrected chi connectivity index (χ4v) is 3.13. The fourth-order valence-electron chi connectivity index (χ4n) is 3.13. The van der Waals surface area contributed by atoms with E-state index in [2.05, 4.69) is 56.7 Å². The maximum absolute atomic E-state index is 11.7. The Kier molecular flexibility index (Phi) is 6.37. The summed E-state index contributed by atoms with van der Waals surface area (Å²) in [6, 6.07) is 12.2. The Morgan fingerprint density at radius 3 is 2.86 bits per heavy atom. The van der Waals surface area contributed by atoms with E-state index in [1.165, 1.54) is 18.0 Å². The zero-order valence-corrected chi connectivity index (χ0v) is 16.5. The summed E-state index contributed by atoms with van der Waals surface area (Å²) in [4.78, 5) is 15.9. The summed E-state index contributed by atoms with van der Waals surface area (Å²) in [5.41, 5.74) is 1.70. The number of rotatable bonds is 7. The summed E-state index contributed by atoms with van der Waals surface area (Å²) in [7, 11) is 3.08. The summed E-state index contributed by atoms with van der Waals surface area (Å²) < 4.78 is 12.6. The number of nitrogens with zero attached hydrogens (tertiary/aromatic N) is 2. The van der Waals surface area contributed by atoms with E-state index < -0.39 is 5.97 Å². The summed E-state index contributed by atoms with van der Waals surface area (Å²) in [5.74, 6) is 1.49. The molecular weight excluding hydrogens is 356 g/mol. The maximum atomic E-state index is 11.7. The van der Waals surface area contributed by atoms with Gasteiger partial charge in [0, 0.05) is 31.9 Å². The van der Waals surface area contributed by atoms with Crippen LogP contribution in [0.2, 0.25) is 0 Å². The van der Waals surface area contributed by atoms with Gasteiger partial charge in [-0.2, -0.15) is 0 Å². The lowest BCUT2D eigenvalue weighted by molar-refractivity contribution is 0.0599. The summed E-state index contributed by atoms with van der Waals surface area (Å²) in [5, 5.41) is 7.75. The van der Waals surface area contributed by atoms with Gasteiger partial charge >= 0.3 is 5.97 Å². The Morgan fingerprint density at radius 2 is 2.07 bits per heavy atom. The molecule has 1 aromatic carbocycles. The molecular formula is C21H26N4O3. The number of guanidine groups is 1. The van der Waals surface area contributed by atoms with Crippen LogP contribution in [0.25, 0.3) is 10.9 Å². The van der Waals surface area contributed by atoms with Gasteiger partial charge in [-0.25, -0.2) is 4.79 Å². The molecule has 7 heteroatoms. The fraction of sp³-hybridized carbons (Fsp3) is 0.333. The lowest BCUT2D eigenvalue weighted by atomic mass is 10.2. The second-order valence-electron chi connectivity index (χ2n) is 6.45. The van der Waals surface area contributed by atoms with Crippen LogP contribution in [0.1, 0.15) is 28.3 Å². The maximum Gasteiger partial charge on any atom is 0.341 e. The molecule has 0 bridgehead atoms. The van der Waals surface area contributed by atoms with E-state index in [1.54, 1.807) is 20.0 Å². The number of benzene rings is 1. The minimum absolute atomic E-state index is 0.396. The summed E-state index contributed by atoms with van der Waals surface area (Å²) in [6.07, 6.45) is 3.08. The smallest absolute Gasteiger partial charge is 0.341 e. The molecule has 0 aliphatic carbocycles. The molecule has 0 spiro atoms. The van der Waals surface area contributed by atoms with E-state index in [0.717, 1.165) is 19.5 Å². The van der Waals surface area contributed by atoms with E-state index in [9.17, 15) is 4.79 Å². The molecule has 3 aromatic rings. The van der Waals surface area contributed by atoms with Crippen LogP contribution >= 0.6 is 0 Å². The number of aromatic nitrogens is 1. The molecule has 28 heavy (non-hydrogen) atoms. The first-order valence-electron chi connectivity index (χ1n) is 9.28. The topological polar surface area (TPSA) is 80.8 Å². The number of furan rings is 1. The van der Waals surface area contributed by atoms with Crippen molar-refractivity contribution < 1.29 is 13.9 Å². The van der Waals surface area contributed by atoms with E-state index >= 15 is 0 Å². The van der Waals surface area contributed by atoms with Gasteiger partial charge in [0.1, 0.15) is 17.1 Å². The molecule has 2 heterocycles. The van der Waals surface area contributed by atoms with Gasteiger partial charge in [0.25, 0.3) is 0 Å². The van der Waals surface area contributed by atoms with Crippen LogP contribution in [0.15, 0.2) is 52.0 Å². The number of fused-ring (bicyclic) bond motifs is 1. The molecule has 0 atom stereocenters. The zero-order valence-electron chi connectivity index (χ0n) is 16.5. The number of esters is 1. The predicted octanol–water partition coefficient (Wildman–Crippen LogP) is 3.08. The number of hydrogen-bond donors (Lipinski definition) is 2. The molecule has 148 valence electrons. The molecule has 0 fully saturated rings. The molecule has 0 aliphatic heterocycles. The number of hydrogen-bond acceptors (Lipinski definition) is 4. The molecule has 2 N–H and O–H groups in total. The van der Waals surface area contributed by atoms with Crippen LogP contribution in [0.5, 0.6) is 0 Å². The van der Waals surface area contributed by atoms with Crippen molar-refractivity contribution in [2.24, 2.45) is 4.99 Å². The Bertz CT molecular complexity index is 971. The second-order valence-corrected chi connectivity index (χ2v) is 6.45. The Balaban J connectivity index is 1.45. The number of aliphatic imine (C=N–C) groups is 1. The van der Waals surface area contributed by atoms with Crippen molar-refractivity contribution in [3.05, 3.63) is 59.7 Å². The summed E-state index contributed by atoms with van der Waals surface area (Å²) in [6.45, 7) is 3.89. The minimum Gasteiger partial charge on any atom is -0.465 e. The highest BCUT2D eigenvalue weighted by Gasteiger charge is 2.15. The molecule has 3 rings (SSSR count). The third-order valence-electron chi connectivity index (χ3n) is 4.58. The van der Waals surface area contributed by atoms with E-state index in [-0.39, 0.29) is 0 Å². The van der Waals surface area contributed by atoms with Crippen LogP contribution in [0, 0.1) is 6.92 Å². The number of ether oxygens (including phenoxy) is 1. The monoisotopic (exact) mass is 382 g/mol. The molecule has 0 saturated carbocycles. The van der Waals surface area contributed by atoms with Crippen molar-refractivity contribution in [3.63, 3.8) is 0 Å². The zero-order chi connectivity index (χ0) is 19.9. The van der Waals surface area contributed by atoms with Crippen molar-refractivity contribution >= 4 is 22.8 Å². The number of carbonyl (C=O) groups is 1. The first-order valence-corrected chi connectivity index (χ1v) is 9.28. The summed E-state index contributed by atoms with van der Waals surface area (Å²) >= 11 is 0. The third-order valence-corrected chi connectivity index (χ3v) is 4.58. The van der Waals surface area contributed by atoms with Gasteiger partial charge in [0.05, 0.1) is 13.7 Å². The normalized spacial score (nSPS) is 11.6. The predicted molar refractivity (Wildman–Crippen MR) is 110 cm³/mol. The molecule has 0 amide bonds. The standard InChI is InChI=1S/C21H26N4O3/c1-15-18(20(26)27-3)13-17(28-15)14-24-21(22-2)23-10-6-11-25-12-9-16-7-4-5-8-19(16)25/h4-5,7-9,12-13H,6,10-11,14H2,1-3H3,(H2,22,23,24). The van der Waals surface area contributed by atoms with Gasteiger partial charge < -0.3 is 24.4 Å². The van der Waals surface area contributed by atoms with Crippen molar-refractivity contribution in [1.29, 1.82) is 0 Å². The first-order chi connectivity index (χ1) is 13.6. The van der Waals surface area contributed by atoms with Gasteiger partial charge in [-0.1, -0.05) is 18.2 Å². The highest BCUT2D eigenvalue weighted by atomic mass is 16.5. The van der Waals surface area contributed by atoms with E-state index in [1.807, 2.05) is 0 Å². The van der Waals surface area contributed by atoms with Crippen molar-refractivity contribution in [2.45, 2.75) is 26.4 Å². The number of methoxy groups -OCH3 is 1. The van der Waals surface area contributed by atoms with Gasteiger partial charge in [0.2, 0.25) is 0 Å². The Hall–Kier alpha value is -3.22. The molecule has 0 radical (unpaired) electrons. The molecule has 0 saturated heterocycles. The highest BCUT2D eigenvalue weighted by Crippen LogP contribution is 2.16. The van der Waals surface area contributed by atoms with Gasteiger partial charge in [-0.3, -0.25) is 4.99 Å². The number of para-hydroxylation sites is 1. The van der Waals surface area contributed by atoms with E-state index in [4.69, 9.17) is 9.15 Å². The Morgan fingerprint density at radius 1 is 1.25 bits per heavy atom. The molecule has 0 unspecified atom stereocenters. The lowest BCUT2D eigenvalue weighted by Crippen LogP contribution is -2.37. The number of nitrogens with one attached hydrogen (secondary N) is 2. The van der Waals surface area contributed by atoms with Crippen LogP contribution in [0.4, 0.5) is 0 Å². The third kappa shape index (κ3) is 4.54. The first kappa shape index (κ1) is 19.5. The van der Waals surface area contributed by atoms with Gasteiger partial charge in [0.15, 0.2) is 5.96 Å². The van der Waals surface area contributed by atoms with Gasteiger partial charge in [-0.05, 0) is 36.9 Å². The largest absolute Gasteiger partial charge is 0.465 e. The van der Waals surface area contributed by atoms with Gasteiger partial charge in [-0.15, -0.1) is 0 Å². The van der Waals surface area contributed by atoms with Crippen LogP contribution in [-0.4, -0.2) is 37.2 Å². The average molecular weight is 382 g/mol. The van der Waals surface area contributed by atoms with E-state index in [0.29, 0.717) is 29.6 Å². The van der Waals surface area contributed by atoms with Crippen molar-refractivity contribution in [3.8, 4) is 0 Å². The van der Waals surface area contributed by atoms with Crippen molar-refractivity contribution in [1.82, 2.24) is 15.2 Å².